The first-order valence-electron chi connectivity index (χ1n) is 15.5. The summed E-state index contributed by atoms with van der Waals surface area (Å²) in [5.41, 5.74) is 25.9. The lowest BCUT2D eigenvalue weighted by Crippen LogP contribution is -2.32. The van der Waals surface area contributed by atoms with Crippen LogP contribution in [-0.4, -0.2) is 88.5 Å². The SMILES string of the molecule is NC(Cc1c[nH]c2ccccc12)C(=O)O.NC(Cc1ccc(O)cc1)C(=O)O.NC(Cc1ccccc1)C(=O)O.NC(Cc1cnc[nH]1)C(=O)O. The summed E-state index contributed by atoms with van der Waals surface area (Å²) in [6, 6.07) is 20.0. The van der Waals surface area contributed by atoms with Crippen LogP contribution in [0.5, 0.6) is 5.75 Å². The molecule has 0 amide bonds. The van der Waals surface area contributed by atoms with Crippen LogP contribution in [0.4, 0.5) is 0 Å². The van der Waals surface area contributed by atoms with Gasteiger partial charge < -0.3 is 58.4 Å². The molecule has 0 fully saturated rings. The van der Waals surface area contributed by atoms with Gasteiger partial charge in [-0.25, -0.2) is 4.98 Å². The molecule has 0 spiro atoms. The first-order chi connectivity index (χ1) is 24.2. The largest absolute Gasteiger partial charge is 0.508 e. The molecule has 0 aliphatic heterocycles. The zero-order valence-electron chi connectivity index (χ0n) is 27.5. The second-order valence-electron chi connectivity index (χ2n) is 11.2. The second kappa shape index (κ2) is 21.1. The number of fused-ring (bicyclic) bond motifs is 1. The molecule has 16 heteroatoms. The third-order valence-corrected chi connectivity index (χ3v) is 7.07. The van der Waals surface area contributed by atoms with Gasteiger partial charge in [0.05, 0.1) is 6.33 Å². The highest BCUT2D eigenvalue weighted by atomic mass is 16.4. The van der Waals surface area contributed by atoms with E-state index in [2.05, 4.69) is 15.0 Å². The summed E-state index contributed by atoms with van der Waals surface area (Å²) in [6.07, 6.45) is 6.15. The van der Waals surface area contributed by atoms with E-state index in [-0.39, 0.29) is 18.6 Å². The van der Waals surface area contributed by atoms with Crippen molar-refractivity contribution in [1.82, 2.24) is 15.0 Å². The van der Waals surface area contributed by atoms with Gasteiger partial charge in [-0.05, 0) is 47.7 Å². The van der Waals surface area contributed by atoms with E-state index in [1.165, 1.54) is 18.5 Å². The predicted octanol–water partition coefficient (Wildman–Crippen LogP) is 1.47. The molecule has 4 atom stereocenters. The molecule has 16 nitrogen and oxygen atoms in total. The van der Waals surface area contributed by atoms with Crippen LogP contribution in [-0.2, 0) is 44.9 Å². The fraction of sp³-hybridized carbons (Fsp3) is 0.229. The lowest BCUT2D eigenvalue weighted by Gasteiger charge is -2.05. The molecule has 0 aliphatic carbocycles. The van der Waals surface area contributed by atoms with Gasteiger partial charge >= 0.3 is 23.9 Å². The molecule has 0 radical (unpaired) electrons. The Balaban J connectivity index is 0.000000237. The van der Waals surface area contributed by atoms with Crippen molar-refractivity contribution in [3.63, 3.8) is 0 Å². The fourth-order valence-electron chi connectivity index (χ4n) is 4.27. The number of hydrogen-bond donors (Lipinski definition) is 11. The van der Waals surface area contributed by atoms with E-state index < -0.39 is 48.0 Å². The molecule has 3 aromatic carbocycles. The van der Waals surface area contributed by atoms with Gasteiger partial charge in [-0.15, -0.1) is 0 Å². The predicted molar refractivity (Wildman–Crippen MR) is 189 cm³/mol. The molecule has 0 saturated carbocycles. The number of carboxylic acids is 4. The maximum Gasteiger partial charge on any atom is 0.320 e. The molecule has 5 rings (SSSR count). The molecular weight excluding hydrogens is 662 g/mol. The van der Waals surface area contributed by atoms with Gasteiger partial charge in [0, 0.05) is 41.8 Å². The Morgan fingerprint density at radius 2 is 1.06 bits per heavy atom. The zero-order valence-corrected chi connectivity index (χ0v) is 27.5. The average molecular weight is 706 g/mol. The van der Waals surface area contributed by atoms with Crippen molar-refractivity contribution in [2.24, 2.45) is 22.9 Å². The van der Waals surface area contributed by atoms with Crippen molar-refractivity contribution < 1.29 is 44.7 Å². The van der Waals surface area contributed by atoms with Gasteiger partial charge in [-0.1, -0.05) is 60.7 Å². The van der Waals surface area contributed by atoms with Crippen LogP contribution in [0.1, 0.15) is 22.4 Å². The maximum absolute atomic E-state index is 10.6. The standard InChI is InChI=1S/C11H12N2O2.C9H11NO3.C9H11NO2.C6H9N3O2/c12-9(11(14)15)5-7-6-13-10-4-2-1-3-8(7)10;10-8(9(12)13)5-6-1-3-7(11)4-2-6;10-8(9(11)12)6-7-4-2-1-3-5-7;7-5(6(10)11)1-4-2-8-3-9-4/h1-4,6,9,13H,5,12H2,(H,14,15);1-4,8,11H,5,10H2,(H,12,13);1-5,8H,6,10H2,(H,11,12);2-3,5H,1,7H2,(H,8,9)(H,10,11). The molecule has 4 unspecified atom stereocenters. The number of aromatic amines is 2. The molecule has 0 bridgehead atoms. The van der Waals surface area contributed by atoms with Crippen LogP contribution < -0.4 is 22.9 Å². The minimum Gasteiger partial charge on any atom is -0.508 e. The van der Waals surface area contributed by atoms with E-state index in [1.54, 1.807) is 18.3 Å². The number of carboxylic acid groups (broad SMARTS) is 4. The third kappa shape index (κ3) is 15.4. The number of hydrogen-bond acceptors (Lipinski definition) is 10. The first-order valence-corrected chi connectivity index (χ1v) is 15.5. The Labute approximate surface area is 292 Å². The van der Waals surface area contributed by atoms with Crippen LogP contribution in [0.25, 0.3) is 10.9 Å². The molecular formula is C35H43N7O9. The van der Waals surface area contributed by atoms with Crippen molar-refractivity contribution in [2.45, 2.75) is 49.9 Å². The van der Waals surface area contributed by atoms with Crippen LogP contribution in [0.15, 0.2) is 97.6 Å². The van der Waals surface area contributed by atoms with Gasteiger partial charge in [0.1, 0.15) is 29.9 Å². The Morgan fingerprint density at radius 1 is 0.588 bits per heavy atom. The van der Waals surface area contributed by atoms with Crippen molar-refractivity contribution >= 4 is 34.8 Å². The smallest absolute Gasteiger partial charge is 0.320 e. The summed E-state index contributed by atoms with van der Waals surface area (Å²) in [5.74, 6) is -3.79. The summed E-state index contributed by atoms with van der Waals surface area (Å²) >= 11 is 0. The van der Waals surface area contributed by atoms with E-state index in [0.717, 1.165) is 33.3 Å². The van der Waals surface area contributed by atoms with Crippen LogP contribution in [0.3, 0.4) is 0 Å². The Hall–Kier alpha value is -6.07. The van der Waals surface area contributed by atoms with Gasteiger partial charge in [0.25, 0.3) is 0 Å². The van der Waals surface area contributed by atoms with Gasteiger partial charge in [0.15, 0.2) is 0 Å². The highest BCUT2D eigenvalue weighted by Gasteiger charge is 2.15. The van der Waals surface area contributed by atoms with Crippen molar-refractivity contribution in [1.29, 1.82) is 0 Å². The van der Waals surface area contributed by atoms with E-state index in [9.17, 15) is 19.2 Å². The van der Waals surface area contributed by atoms with Gasteiger partial charge in [-0.2, -0.15) is 0 Å². The summed E-state index contributed by atoms with van der Waals surface area (Å²) < 4.78 is 0. The number of phenolic OH excluding ortho intramolecular Hbond substituents is 1. The number of H-pyrrole nitrogens is 2. The molecule has 51 heavy (non-hydrogen) atoms. The first kappa shape index (κ1) is 41.1. The number of benzene rings is 3. The highest BCUT2D eigenvalue weighted by molar-refractivity contribution is 5.84. The quantitative estimate of drug-likeness (QED) is 0.0876. The summed E-state index contributed by atoms with van der Waals surface area (Å²) in [4.78, 5) is 51.3. The van der Waals surface area contributed by atoms with E-state index >= 15 is 0 Å². The number of phenols is 1. The minimum atomic E-state index is -1.02. The molecule has 2 aromatic heterocycles. The van der Waals surface area contributed by atoms with Gasteiger partial charge in [-0.3, -0.25) is 19.2 Å². The normalized spacial score (nSPS) is 12.6. The van der Waals surface area contributed by atoms with E-state index in [1.807, 2.05) is 60.8 Å². The van der Waals surface area contributed by atoms with E-state index in [4.69, 9.17) is 48.5 Å². The molecule has 2 heterocycles. The Morgan fingerprint density at radius 3 is 1.57 bits per heavy atom. The Bertz CT molecular complexity index is 1800. The van der Waals surface area contributed by atoms with Crippen molar-refractivity contribution in [3.8, 4) is 5.75 Å². The molecule has 272 valence electrons. The molecule has 0 saturated heterocycles. The maximum atomic E-state index is 10.6. The van der Waals surface area contributed by atoms with Crippen LogP contribution in [0, 0.1) is 0 Å². The fourth-order valence-corrected chi connectivity index (χ4v) is 4.27. The number of carbonyl (C=O) groups is 4. The third-order valence-electron chi connectivity index (χ3n) is 7.07. The summed E-state index contributed by atoms with van der Waals surface area (Å²) in [7, 11) is 0. The minimum absolute atomic E-state index is 0.160. The van der Waals surface area contributed by atoms with Crippen molar-refractivity contribution in [3.05, 3.63) is 120 Å². The molecule has 15 N–H and O–H groups in total. The number of aliphatic carboxylic acids is 4. The number of rotatable bonds is 12. The zero-order chi connectivity index (χ0) is 37.9. The van der Waals surface area contributed by atoms with E-state index in [0.29, 0.717) is 12.8 Å². The van der Waals surface area contributed by atoms with Crippen LogP contribution >= 0.6 is 0 Å². The molecule has 0 aliphatic rings. The summed E-state index contributed by atoms with van der Waals surface area (Å²) in [5, 5.41) is 44.2. The Kier molecular flexibility index (Phi) is 17.0. The lowest BCUT2D eigenvalue weighted by molar-refractivity contribution is -0.139. The number of nitrogens with two attached hydrogens (primary N) is 4. The lowest BCUT2D eigenvalue weighted by atomic mass is 10.1. The number of aromatic hydroxyl groups is 1. The van der Waals surface area contributed by atoms with Crippen LogP contribution in [0.2, 0.25) is 0 Å². The number of nitrogens with one attached hydrogen (secondary N) is 2. The van der Waals surface area contributed by atoms with Gasteiger partial charge in [0.2, 0.25) is 0 Å². The highest BCUT2D eigenvalue weighted by Crippen LogP contribution is 2.18. The topological polar surface area (TPSA) is 318 Å². The monoisotopic (exact) mass is 705 g/mol. The summed E-state index contributed by atoms with van der Waals surface area (Å²) in [6.45, 7) is 0. The number of nitrogens with zero attached hydrogens (tertiary/aromatic N) is 1. The number of para-hydroxylation sites is 1. The van der Waals surface area contributed by atoms with Crippen molar-refractivity contribution in [2.75, 3.05) is 0 Å². The number of aromatic nitrogens is 3. The number of imidazole rings is 1. The molecule has 5 aromatic rings. The second-order valence-corrected chi connectivity index (χ2v) is 11.2. The average Bonchev–Trinajstić information content (AvgIpc) is 3.77.